The first kappa shape index (κ1) is 16.9. The van der Waals surface area contributed by atoms with Gasteiger partial charge >= 0.3 is 0 Å². The van der Waals surface area contributed by atoms with E-state index in [0.29, 0.717) is 18.0 Å². The summed E-state index contributed by atoms with van der Waals surface area (Å²) in [5, 5.41) is 0. The molecule has 0 unspecified atom stereocenters. The summed E-state index contributed by atoms with van der Waals surface area (Å²) < 4.78 is 0. The van der Waals surface area contributed by atoms with Crippen LogP contribution in [0.5, 0.6) is 0 Å². The Hall–Kier alpha value is -1.96. The Morgan fingerprint density at radius 3 is 1.46 bits per heavy atom. The Labute approximate surface area is 147 Å². The maximum Gasteiger partial charge on any atom is 0.0988 e. The van der Waals surface area contributed by atoms with Gasteiger partial charge in [-0.15, -0.1) is 0 Å². The van der Waals surface area contributed by atoms with Crippen LogP contribution >= 0.6 is 0 Å². The highest BCUT2D eigenvalue weighted by Crippen LogP contribution is 2.36. The summed E-state index contributed by atoms with van der Waals surface area (Å²) in [4.78, 5) is 5.12. The number of anilines is 2. The fourth-order valence-electron chi connectivity index (χ4n) is 3.88. The molecule has 3 rings (SSSR count). The highest BCUT2D eigenvalue weighted by atomic mass is 15.4. The van der Waals surface area contributed by atoms with E-state index >= 15 is 0 Å². The van der Waals surface area contributed by atoms with E-state index in [9.17, 15) is 0 Å². The number of nitrogens with zero attached hydrogens (tertiary/aromatic N) is 2. The fourth-order valence-corrected chi connectivity index (χ4v) is 3.88. The van der Waals surface area contributed by atoms with Crippen molar-refractivity contribution in [3.63, 3.8) is 0 Å². The van der Waals surface area contributed by atoms with Crippen molar-refractivity contribution in [3.05, 3.63) is 59.7 Å². The molecule has 24 heavy (non-hydrogen) atoms. The summed E-state index contributed by atoms with van der Waals surface area (Å²) in [5.74, 6) is 1.09. The summed E-state index contributed by atoms with van der Waals surface area (Å²) in [5.41, 5.74) is 5.68. The molecule has 0 amide bonds. The van der Waals surface area contributed by atoms with Crippen molar-refractivity contribution in [2.75, 3.05) is 22.9 Å². The summed E-state index contributed by atoms with van der Waals surface area (Å²) >= 11 is 0. The highest BCUT2D eigenvalue weighted by molar-refractivity contribution is 5.63. The molecule has 1 fully saturated rings. The molecular weight excluding hydrogens is 292 g/mol. The molecule has 1 aliphatic rings. The minimum atomic E-state index is 0.379. The summed E-state index contributed by atoms with van der Waals surface area (Å²) in [6.07, 6.45) is 0.379. The molecule has 0 spiro atoms. The fraction of sp³-hybridized carbons (Fsp3) is 0.455. The molecule has 1 aliphatic heterocycles. The van der Waals surface area contributed by atoms with Crippen LogP contribution in [0.4, 0.5) is 11.4 Å². The standard InChI is InChI=1S/C22H30N2/c1-16(2)19-10-6-8-12-21(19)23-14-15-24(18(23)5)22-13-9-7-11-20(22)17(3)4/h6-13,16-18H,14-15H2,1-5H3. The molecule has 0 radical (unpaired) electrons. The van der Waals surface area contributed by atoms with Gasteiger partial charge in [0, 0.05) is 24.5 Å². The zero-order chi connectivity index (χ0) is 17.3. The Morgan fingerprint density at radius 2 is 1.08 bits per heavy atom. The van der Waals surface area contributed by atoms with Crippen molar-refractivity contribution >= 4 is 11.4 Å². The van der Waals surface area contributed by atoms with E-state index < -0.39 is 0 Å². The number of para-hydroxylation sites is 2. The van der Waals surface area contributed by atoms with Gasteiger partial charge in [-0.05, 0) is 42.0 Å². The van der Waals surface area contributed by atoms with E-state index in [1.54, 1.807) is 0 Å². The smallest absolute Gasteiger partial charge is 0.0988 e. The van der Waals surface area contributed by atoms with Crippen LogP contribution in [0.2, 0.25) is 0 Å². The minimum absolute atomic E-state index is 0.379. The van der Waals surface area contributed by atoms with Crippen molar-refractivity contribution in [2.45, 2.75) is 52.6 Å². The van der Waals surface area contributed by atoms with Crippen molar-refractivity contribution < 1.29 is 0 Å². The topological polar surface area (TPSA) is 6.48 Å². The van der Waals surface area contributed by atoms with Gasteiger partial charge < -0.3 is 9.80 Å². The van der Waals surface area contributed by atoms with Crippen molar-refractivity contribution in [1.29, 1.82) is 0 Å². The Morgan fingerprint density at radius 1 is 0.708 bits per heavy atom. The Balaban J connectivity index is 1.93. The molecule has 2 aromatic rings. The second-order valence-corrected chi connectivity index (χ2v) is 7.45. The second-order valence-electron chi connectivity index (χ2n) is 7.45. The summed E-state index contributed by atoms with van der Waals surface area (Å²) in [6.45, 7) is 13.6. The number of hydrogen-bond donors (Lipinski definition) is 0. The Kier molecular flexibility index (Phi) is 4.84. The van der Waals surface area contributed by atoms with Gasteiger partial charge in [0.25, 0.3) is 0 Å². The first-order valence-corrected chi connectivity index (χ1v) is 9.21. The first-order valence-electron chi connectivity index (χ1n) is 9.21. The highest BCUT2D eigenvalue weighted by Gasteiger charge is 2.31. The molecule has 2 heteroatoms. The molecule has 0 aliphatic carbocycles. The molecule has 2 nitrogen and oxygen atoms in total. The van der Waals surface area contributed by atoms with Crippen LogP contribution < -0.4 is 9.80 Å². The van der Waals surface area contributed by atoms with Gasteiger partial charge in [0.1, 0.15) is 0 Å². The molecule has 0 saturated carbocycles. The van der Waals surface area contributed by atoms with E-state index in [1.165, 1.54) is 22.5 Å². The number of benzene rings is 2. The third-order valence-corrected chi connectivity index (χ3v) is 5.22. The van der Waals surface area contributed by atoms with E-state index in [2.05, 4.69) is 92.9 Å². The Bertz CT molecular complexity index is 630. The van der Waals surface area contributed by atoms with Crippen LogP contribution in [0.25, 0.3) is 0 Å². The predicted octanol–water partition coefficient (Wildman–Crippen LogP) is 5.61. The van der Waals surface area contributed by atoms with Crippen molar-refractivity contribution in [3.8, 4) is 0 Å². The molecule has 0 aromatic heterocycles. The van der Waals surface area contributed by atoms with Gasteiger partial charge in [0.2, 0.25) is 0 Å². The van der Waals surface area contributed by atoms with Crippen LogP contribution in [0.1, 0.15) is 57.6 Å². The largest absolute Gasteiger partial charge is 0.349 e. The molecule has 1 saturated heterocycles. The van der Waals surface area contributed by atoms with Crippen LogP contribution in [0.3, 0.4) is 0 Å². The maximum absolute atomic E-state index is 2.56. The molecule has 0 atom stereocenters. The molecule has 1 heterocycles. The molecular formula is C22H30N2. The lowest BCUT2D eigenvalue weighted by molar-refractivity contribution is 0.716. The van der Waals surface area contributed by atoms with Gasteiger partial charge in [-0.1, -0.05) is 64.1 Å². The van der Waals surface area contributed by atoms with Gasteiger partial charge in [0.15, 0.2) is 0 Å². The summed E-state index contributed by atoms with van der Waals surface area (Å²) in [6, 6.07) is 17.8. The number of rotatable bonds is 4. The second kappa shape index (κ2) is 6.88. The van der Waals surface area contributed by atoms with E-state index in [4.69, 9.17) is 0 Å². The van der Waals surface area contributed by atoms with Crippen molar-refractivity contribution in [2.24, 2.45) is 0 Å². The third kappa shape index (κ3) is 3.02. The quantitative estimate of drug-likeness (QED) is 0.722. The van der Waals surface area contributed by atoms with Crippen LogP contribution in [0.15, 0.2) is 48.5 Å². The zero-order valence-electron chi connectivity index (χ0n) is 15.7. The molecule has 0 N–H and O–H groups in total. The normalized spacial score (nSPS) is 15.8. The SMILES string of the molecule is CC(C)c1ccccc1N1CCN(c2ccccc2C(C)C)C1C. The average Bonchev–Trinajstić information content (AvgIpc) is 2.96. The van der Waals surface area contributed by atoms with Crippen molar-refractivity contribution in [1.82, 2.24) is 0 Å². The predicted molar refractivity (Wildman–Crippen MR) is 105 cm³/mol. The third-order valence-electron chi connectivity index (χ3n) is 5.22. The van der Waals surface area contributed by atoms with Gasteiger partial charge in [0.05, 0.1) is 6.17 Å². The molecule has 128 valence electrons. The summed E-state index contributed by atoms with van der Waals surface area (Å²) in [7, 11) is 0. The molecule has 2 aromatic carbocycles. The van der Waals surface area contributed by atoms with Crippen LogP contribution in [-0.2, 0) is 0 Å². The van der Waals surface area contributed by atoms with E-state index in [0.717, 1.165) is 13.1 Å². The average molecular weight is 322 g/mol. The van der Waals surface area contributed by atoms with Crippen LogP contribution in [-0.4, -0.2) is 19.3 Å². The van der Waals surface area contributed by atoms with Gasteiger partial charge in [-0.2, -0.15) is 0 Å². The van der Waals surface area contributed by atoms with E-state index in [1.807, 2.05) is 0 Å². The van der Waals surface area contributed by atoms with Gasteiger partial charge in [-0.3, -0.25) is 0 Å². The lowest BCUT2D eigenvalue weighted by Crippen LogP contribution is -2.37. The first-order chi connectivity index (χ1) is 11.5. The lowest BCUT2D eigenvalue weighted by atomic mass is 10.00. The zero-order valence-corrected chi connectivity index (χ0v) is 15.7. The lowest BCUT2D eigenvalue weighted by Gasteiger charge is -2.33. The maximum atomic E-state index is 2.56. The molecule has 0 bridgehead atoms. The van der Waals surface area contributed by atoms with Crippen LogP contribution in [0, 0.1) is 0 Å². The minimum Gasteiger partial charge on any atom is -0.349 e. The van der Waals surface area contributed by atoms with Gasteiger partial charge in [-0.25, -0.2) is 0 Å². The number of hydrogen-bond acceptors (Lipinski definition) is 2. The monoisotopic (exact) mass is 322 g/mol. The van der Waals surface area contributed by atoms with E-state index in [-0.39, 0.29) is 0 Å².